The molecular formula is C20H23N3O2S. The summed E-state index contributed by atoms with van der Waals surface area (Å²) in [7, 11) is -3.45. The molecule has 0 radical (unpaired) electrons. The molecular weight excluding hydrogens is 346 g/mol. The third-order valence-electron chi connectivity index (χ3n) is 5.43. The van der Waals surface area contributed by atoms with E-state index in [2.05, 4.69) is 11.1 Å². The van der Waals surface area contributed by atoms with Crippen LogP contribution >= 0.6 is 0 Å². The van der Waals surface area contributed by atoms with Crippen LogP contribution in [0.3, 0.4) is 0 Å². The summed E-state index contributed by atoms with van der Waals surface area (Å²) in [6, 6.07) is 9.15. The molecule has 2 bridgehead atoms. The number of nitrogens with zero attached hydrogens (tertiary/aromatic N) is 2. The number of pyridine rings is 1. The monoisotopic (exact) mass is 369 g/mol. The standard InChI is InChI=1S/C20H23N3O2S/c1-14-2-7-19(8-3-14)26(24,25)23-18-6-9-20(23)16(11-18)5-4-15-10-17(21)13-22-12-15/h2-5,7-8,10,12-13,16,18,20H,6,9,11,21H2,1H3/b5-4+. The molecule has 136 valence electrons. The molecule has 3 heterocycles. The van der Waals surface area contributed by atoms with E-state index in [0.717, 1.165) is 30.4 Å². The second-order valence-electron chi connectivity index (χ2n) is 7.26. The smallest absolute Gasteiger partial charge is 0.243 e. The van der Waals surface area contributed by atoms with Gasteiger partial charge in [0.15, 0.2) is 0 Å². The molecule has 0 saturated carbocycles. The van der Waals surface area contributed by atoms with Gasteiger partial charge < -0.3 is 5.73 Å². The fraction of sp³-hybridized carbons (Fsp3) is 0.350. The molecule has 2 saturated heterocycles. The van der Waals surface area contributed by atoms with Crippen molar-refractivity contribution in [2.24, 2.45) is 5.92 Å². The Morgan fingerprint density at radius 2 is 1.96 bits per heavy atom. The Morgan fingerprint density at radius 3 is 2.69 bits per heavy atom. The quantitative estimate of drug-likeness (QED) is 0.898. The molecule has 2 fully saturated rings. The van der Waals surface area contributed by atoms with Crippen LogP contribution in [0.1, 0.15) is 30.4 Å². The van der Waals surface area contributed by atoms with E-state index in [-0.39, 0.29) is 18.0 Å². The Balaban J connectivity index is 1.57. The van der Waals surface area contributed by atoms with Gasteiger partial charge in [-0.3, -0.25) is 4.98 Å². The molecule has 1 aromatic heterocycles. The maximum absolute atomic E-state index is 13.1. The summed E-state index contributed by atoms with van der Waals surface area (Å²) < 4.78 is 28.0. The molecule has 0 aliphatic carbocycles. The van der Waals surface area contributed by atoms with Crippen molar-refractivity contribution >= 4 is 21.8 Å². The van der Waals surface area contributed by atoms with Crippen molar-refractivity contribution in [3.8, 4) is 0 Å². The summed E-state index contributed by atoms with van der Waals surface area (Å²) in [5.41, 5.74) is 8.41. The molecule has 2 aliphatic heterocycles. The molecule has 4 rings (SSSR count). The third kappa shape index (κ3) is 3.04. The highest BCUT2D eigenvalue weighted by Crippen LogP contribution is 2.45. The minimum Gasteiger partial charge on any atom is -0.397 e. The Bertz CT molecular complexity index is 938. The minimum absolute atomic E-state index is 0.0385. The summed E-state index contributed by atoms with van der Waals surface area (Å²) in [5.74, 6) is 0.232. The molecule has 3 unspecified atom stereocenters. The van der Waals surface area contributed by atoms with Gasteiger partial charge in [-0.25, -0.2) is 8.42 Å². The Morgan fingerprint density at radius 1 is 1.19 bits per heavy atom. The van der Waals surface area contributed by atoms with Gasteiger partial charge in [0.2, 0.25) is 10.0 Å². The lowest BCUT2D eigenvalue weighted by atomic mass is 9.89. The molecule has 3 atom stereocenters. The number of aromatic nitrogens is 1. The maximum Gasteiger partial charge on any atom is 0.243 e. The number of nitrogen functional groups attached to an aromatic ring is 1. The first-order valence-corrected chi connectivity index (χ1v) is 10.4. The van der Waals surface area contributed by atoms with E-state index < -0.39 is 10.0 Å². The van der Waals surface area contributed by atoms with Gasteiger partial charge in [-0.1, -0.05) is 29.8 Å². The number of nitrogens with two attached hydrogens (primary N) is 1. The number of rotatable bonds is 4. The topological polar surface area (TPSA) is 76.3 Å². The van der Waals surface area contributed by atoms with Gasteiger partial charge in [-0.2, -0.15) is 4.31 Å². The van der Waals surface area contributed by atoms with E-state index in [1.807, 2.05) is 31.2 Å². The van der Waals surface area contributed by atoms with Crippen molar-refractivity contribution in [3.05, 3.63) is 59.9 Å². The lowest BCUT2D eigenvalue weighted by Gasteiger charge is -2.23. The predicted molar refractivity (Wildman–Crippen MR) is 103 cm³/mol. The summed E-state index contributed by atoms with van der Waals surface area (Å²) >= 11 is 0. The van der Waals surface area contributed by atoms with Gasteiger partial charge >= 0.3 is 0 Å². The second kappa shape index (κ2) is 6.52. The average molecular weight is 369 g/mol. The van der Waals surface area contributed by atoms with Gasteiger partial charge in [-0.15, -0.1) is 0 Å². The van der Waals surface area contributed by atoms with Gasteiger partial charge in [0.1, 0.15) is 0 Å². The van der Waals surface area contributed by atoms with Gasteiger partial charge in [0.05, 0.1) is 10.6 Å². The lowest BCUT2D eigenvalue weighted by molar-refractivity contribution is 0.383. The average Bonchev–Trinajstić information content (AvgIpc) is 3.19. The van der Waals surface area contributed by atoms with Crippen molar-refractivity contribution < 1.29 is 8.42 Å². The summed E-state index contributed by atoms with van der Waals surface area (Å²) in [6.45, 7) is 1.96. The van der Waals surface area contributed by atoms with Crippen LogP contribution in [0.4, 0.5) is 5.69 Å². The van der Waals surface area contributed by atoms with Crippen LogP contribution in [0.5, 0.6) is 0 Å². The second-order valence-corrected chi connectivity index (χ2v) is 9.10. The minimum atomic E-state index is -3.45. The molecule has 2 N–H and O–H groups in total. The number of fused-ring (bicyclic) bond motifs is 2. The normalized spacial score (nSPS) is 26.0. The molecule has 2 aromatic rings. The fourth-order valence-corrected chi connectivity index (χ4v) is 6.13. The molecule has 0 amide bonds. The zero-order chi connectivity index (χ0) is 18.3. The van der Waals surface area contributed by atoms with Crippen molar-refractivity contribution in [1.29, 1.82) is 0 Å². The van der Waals surface area contributed by atoms with Crippen molar-refractivity contribution in [1.82, 2.24) is 9.29 Å². The molecule has 2 aliphatic rings. The zero-order valence-corrected chi connectivity index (χ0v) is 15.6. The first-order valence-electron chi connectivity index (χ1n) is 8.94. The summed E-state index contributed by atoms with van der Waals surface area (Å²) in [5, 5.41) is 0. The molecule has 5 nitrogen and oxygen atoms in total. The first kappa shape index (κ1) is 17.2. The van der Waals surface area contributed by atoms with E-state index in [9.17, 15) is 8.42 Å². The van der Waals surface area contributed by atoms with Crippen molar-refractivity contribution in [2.75, 3.05) is 5.73 Å². The predicted octanol–water partition coefficient (Wildman–Crippen LogP) is 3.23. The van der Waals surface area contributed by atoms with Gasteiger partial charge in [-0.05, 0) is 55.9 Å². The van der Waals surface area contributed by atoms with Crippen LogP contribution in [0.15, 0.2) is 53.7 Å². The number of hydrogen-bond donors (Lipinski definition) is 1. The number of anilines is 1. The Kier molecular flexibility index (Phi) is 4.32. The number of benzene rings is 1. The van der Waals surface area contributed by atoms with E-state index >= 15 is 0 Å². The third-order valence-corrected chi connectivity index (χ3v) is 7.43. The van der Waals surface area contributed by atoms with Gasteiger partial charge in [0.25, 0.3) is 0 Å². The summed E-state index contributed by atoms with van der Waals surface area (Å²) in [4.78, 5) is 4.49. The van der Waals surface area contributed by atoms with Crippen LogP contribution in [-0.2, 0) is 10.0 Å². The first-order chi connectivity index (χ1) is 12.4. The zero-order valence-electron chi connectivity index (χ0n) is 14.7. The molecule has 0 spiro atoms. The highest BCUT2D eigenvalue weighted by atomic mass is 32.2. The Hall–Kier alpha value is -2.18. The van der Waals surface area contributed by atoms with Crippen LogP contribution in [0.2, 0.25) is 0 Å². The highest BCUT2D eigenvalue weighted by molar-refractivity contribution is 7.89. The summed E-state index contributed by atoms with van der Waals surface area (Å²) in [6.07, 6.45) is 10.2. The van der Waals surface area contributed by atoms with Crippen LogP contribution < -0.4 is 5.73 Å². The van der Waals surface area contributed by atoms with E-state index in [0.29, 0.717) is 10.6 Å². The van der Waals surface area contributed by atoms with Crippen LogP contribution in [-0.4, -0.2) is 29.8 Å². The van der Waals surface area contributed by atoms with Crippen LogP contribution in [0.25, 0.3) is 6.08 Å². The van der Waals surface area contributed by atoms with Crippen LogP contribution in [0, 0.1) is 12.8 Å². The van der Waals surface area contributed by atoms with Crippen molar-refractivity contribution in [2.45, 2.75) is 43.2 Å². The highest BCUT2D eigenvalue weighted by Gasteiger charge is 2.51. The number of hydrogen-bond acceptors (Lipinski definition) is 4. The van der Waals surface area contributed by atoms with E-state index in [4.69, 9.17) is 5.73 Å². The molecule has 26 heavy (non-hydrogen) atoms. The molecule has 6 heteroatoms. The van der Waals surface area contributed by atoms with Crippen molar-refractivity contribution in [3.63, 3.8) is 0 Å². The molecule has 1 aromatic carbocycles. The number of sulfonamides is 1. The van der Waals surface area contributed by atoms with Gasteiger partial charge in [0, 0.05) is 24.5 Å². The fourth-order valence-electron chi connectivity index (χ4n) is 4.20. The number of aryl methyl sites for hydroxylation is 1. The maximum atomic E-state index is 13.1. The Labute approximate surface area is 154 Å². The van der Waals surface area contributed by atoms with E-state index in [1.54, 1.807) is 28.8 Å². The largest absolute Gasteiger partial charge is 0.397 e. The van der Waals surface area contributed by atoms with E-state index in [1.165, 1.54) is 0 Å². The lowest BCUT2D eigenvalue weighted by Crippen LogP contribution is -2.36. The SMILES string of the molecule is Cc1ccc(S(=O)(=O)N2C3CCC2C(/C=C/c2cncc(N)c2)C3)cc1.